The molecule has 0 aliphatic heterocycles. The Bertz CT molecular complexity index is 762. The Balaban J connectivity index is 2.20. The summed E-state index contributed by atoms with van der Waals surface area (Å²) < 4.78 is 0. The zero-order valence-electron chi connectivity index (χ0n) is 14.7. The molecule has 6 heteroatoms. The fourth-order valence-corrected chi connectivity index (χ4v) is 2.40. The van der Waals surface area contributed by atoms with Crippen molar-refractivity contribution >= 4 is 17.8 Å². The molecule has 0 saturated carbocycles. The molecule has 2 rings (SSSR count). The van der Waals surface area contributed by atoms with Crippen LogP contribution in [0.25, 0.3) is 0 Å². The van der Waals surface area contributed by atoms with E-state index in [9.17, 15) is 14.4 Å². The summed E-state index contributed by atoms with van der Waals surface area (Å²) >= 11 is 0. The molecule has 0 aliphatic carbocycles. The molecule has 2 aromatic rings. The van der Waals surface area contributed by atoms with Gasteiger partial charge in [-0.1, -0.05) is 48.5 Å². The van der Waals surface area contributed by atoms with Crippen molar-refractivity contribution in [2.45, 2.75) is 25.9 Å². The van der Waals surface area contributed by atoms with Gasteiger partial charge in [0.1, 0.15) is 6.04 Å². The minimum absolute atomic E-state index is 0.381. The van der Waals surface area contributed by atoms with E-state index in [0.29, 0.717) is 11.1 Å². The van der Waals surface area contributed by atoms with Gasteiger partial charge in [-0.15, -0.1) is 0 Å². The first-order valence-corrected chi connectivity index (χ1v) is 8.34. The summed E-state index contributed by atoms with van der Waals surface area (Å²) in [5.74, 6) is -2.59. The highest BCUT2D eigenvalue weighted by Gasteiger charge is 2.27. The Hall–Kier alpha value is -3.15. The van der Waals surface area contributed by atoms with Crippen molar-refractivity contribution in [3.63, 3.8) is 0 Å². The Morgan fingerprint density at radius 3 is 1.92 bits per heavy atom. The topological polar surface area (TPSA) is 95.5 Å². The van der Waals surface area contributed by atoms with Gasteiger partial charge in [0.15, 0.2) is 0 Å². The van der Waals surface area contributed by atoms with E-state index in [1.807, 2.05) is 6.07 Å². The summed E-state index contributed by atoms with van der Waals surface area (Å²) in [5.41, 5.74) is 1.05. The minimum Gasteiger partial charge on any atom is -0.481 e. The summed E-state index contributed by atoms with van der Waals surface area (Å²) in [7, 11) is 0. The van der Waals surface area contributed by atoms with Gasteiger partial charge in [0.2, 0.25) is 5.91 Å². The number of carbonyl (C=O) groups excluding carboxylic acids is 2. The second kappa shape index (κ2) is 8.80. The maximum Gasteiger partial charge on any atom is 0.308 e. The monoisotopic (exact) mass is 354 g/mol. The summed E-state index contributed by atoms with van der Waals surface area (Å²) in [5, 5.41) is 14.5. The Morgan fingerprint density at radius 1 is 0.846 bits per heavy atom. The fraction of sp³-hybridized carbons (Fsp3) is 0.250. The maximum atomic E-state index is 12.7. The molecule has 0 bridgehead atoms. The van der Waals surface area contributed by atoms with Crippen LogP contribution in [0.3, 0.4) is 0 Å². The largest absolute Gasteiger partial charge is 0.481 e. The lowest BCUT2D eigenvalue weighted by atomic mass is 10.0. The van der Waals surface area contributed by atoms with Gasteiger partial charge in [0.05, 0.1) is 5.92 Å². The van der Waals surface area contributed by atoms with Gasteiger partial charge < -0.3 is 15.7 Å². The quantitative estimate of drug-likeness (QED) is 0.711. The molecule has 0 fully saturated rings. The highest BCUT2D eigenvalue weighted by atomic mass is 16.4. The van der Waals surface area contributed by atoms with Crippen molar-refractivity contribution in [1.82, 2.24) is 10.6 Å². The molecule has 2 amide bonds. The first kappa shape index (κ1) is 19.2. The molecule has 0 aromatic heterocycles. The van der Waals surface area contributed by atoms with Gasteiger partial charge in [-0.2, -0.15) is 0 Å². The van der Waals surface area contributed by atoms with E-state index >= 15 is 0 Å². The second-order valence-electron chi connectivity index (χ2n) is 6.11. The Morgan fingerprint density at radius 2 is 1.38 bits per heavy atom. The number of aliphatic carboxylic acids is 1. The average molecular weight is 354 g/mol. The molecule has 26 heavy (non-hydrogen) atoms. The van der Waals surface area contributed by atoms with Gasteiger partial charge in [-0.05, 0) is 31.5 Å². The number of amides is 2. The van der Waals surface area contributed by atoms with Gasteiger partial charge in [0.25, 0.3) is 5.91 Å². The number of carboxylic acids is 1. The van der Waals surface area contributed by atoms with E-state index in [2.05, 4.69) is 10.6 Å². The number of hydrogen-bond donors (Lipinski definition) is 3. The Labute approximate surface area is 152 Å². The van der Waals surface area contributed by atoms with Crippen LogP contribution in [0.15, 0.2) is 60.7 Å². The van der Waals surface area contributed by atoms with Crippen LogP contribution in [0.4, 0.5) is 0 Å². The molecule has 0 heterocycles. The van der Waals surface area contributed by atoms with Crippen molar-refractivity contribution in [3.05, 3.63) is 71.8 Å². The average Bonchev–Trinajstić information content (AvgIpc) is 2.66. The molecular formula is C20H22N2O4. The third kappa shape index (κ3) is 4.92. The van der Waals surface area contributed by atoms with Crippen molar-refractivity contribution < 1.29 is 19.5 Å². The number of hydrogen-bond acceptors (Lipinski definition) is 3. The maximum absolute atomic E-state index is 12.7. The van der Waals surface area contributed by atoms with Crippen LogP contribution in [-0.2, 0) is 9.59 Å². The summed E-state index contributed by atoms with van der Waals surface area (Å²) in [6.07, 6.45) is 0. The molecule has 0 aliphatic rings. The summed E-state index contributed by atoms with van der Waals surface area (Å²) in [4.78, 5) is 36.3. The lowest BCUT2D eigenvalue weighted by molar-refractivity contribution is -0.142. The van der Waals surface area contributed by atoms with E-state index in [1.165, 1.54) is 6.92 Å². The first-order chi connectivity index (χ1) is 12.4. The minimum atomic E-state index is -0.998. The molecule has 3 atom stereocenters. The Kier molecular flexibility index (Phi) is 6.49. The van der Waals surface area contributed by atoms with Gasteiger partial charge >= 0.3 is 5.97 Å². The number of rotatable bonds is 7. The van der Waals surface area contributed by atoms with Crippen LogP contribution in [0.5, 0.6) is 0 Å². The molecule has 0 radical (unpaired) electrons. The van der Waals surface area contributed by atoms with Crippen molar-refractivity contribution in [3.8, 4) is 0 Å². The van der Waals surface area contributed by atoms with Gasteiger partial charge in [-0.3, -0.25) is 14.4 Å². The predicted molar refractivity (Wildman–Crippen MR) is 97.5 cm³/mol. The van der Waals surface area contributed by atoms with Crippen LogP contribution in [0.2, 0.25) is 0 Å². The van der Waals surface area contributed by atoms with Crippen LogP contribution < -0.4 is 10.6 Å². The normalized spacial score (nSPS) is 13.9. The molecule has 2 aromatic carbocycles. The highest BCUT2D eigenvalue weighted by molar-refractivity contribution is 5.98. The number of benzene rings is 2. The predicted octanol–water partition coefficient (Wildman–Crippen LogP) is 2.38. The van der Waals surface area contributed by atoms with Crippen LogP contribution in [-0.4, -0.2) is 28.9 Å². The van der Waals surface area contributed by atoms with Gasteiger partial charge in [0, 0.05) is 11.6 Å². The lowest BCUT2D eigenvalue weighted by Crippen LogP contribution is -2.46. The number of carbonyl (C=O) groups is 3. The lowest BCUT2D eigenvalue weighted by Gasteiger charge is -2.23. The standard InChI is InChI=1S/C20H22N2O4/c1-13(20(25)26)14(2)21-19(24)17(15-9-5-3-6-10-15)22-18(23)16-11-7-4-8-12-16/h3-14,17H,1-2H3,(H,21,24)(H,22,23)(H,25,26). The third-order valence-electron chi connectivity index (χ3n) is 4.22. The molecule has 0 spiro atoms. The van der Waals surface area contributed by atoms with Crippen LogP contribution in [0.1, 0.15) is 35.8 Å². The van der Waals surface area contributed by atoms with Crippen LogP contribution in [0, 0.1) is 5.92 Å². The SMILES string of the molecule is CC(NC(=O)C(NC(=O)c1ccccc1)c1ccccc1)C(C)C(=O)O. The molecule has 6 nitrogen and oxygen atoms in total. The zero-order chi connectivity index (χ0) is 19.1. The number of carboxylic acid groups (broad SMARTS) is 1. The smallest absolute Gasteiger partial charge is 0.308 e. The van der Waals surface area contributed by atoms with Crippen molar-refractivity contribution in [2.75, 3.05) is 0 Å². The van der Waals surface area contributed by atoms with E-state index < -0.39 is 29.9 Å². The highest BCUT2D eigenvalue weighted by Crippen LogP contribution is 2.15. The number of nitrogens with one attached hydrogen (secondary N) is 2. The molecule has 136 valence electrons. The first-order valence-electron chi connectivity index (χ1n) is 8.34. The van der Waals surface area contributed by atoms with E-state index in [4.69, 9.17) is 5.11 Å². The fourth-order valence-electron chi connectivity index (χ4n) is 2.40. The van der Waals surface area contributed by atoms with Gasteiger partial charge in [-0.25, -0.2) is 0 Å². The van der Waals surface area contributed by atoms with E-state index in [0.717, 1.165) is 0 Å². The molecule has 3 unspecified atom stereocenters. The molecule has 0 saturated heterocycles. The van der Waals surface area contributed by atoms with E-state index in [-0.39, 0.29) is 5.91 Å². The second-order valence-corrected chi connectivity index (χ2v) is 6.11. The van der Waals surface area contributed by atoms with E-state index in [1.54, 1.807) is 61.5 Å². The van der Waals surface area contributed by atoms with Crippen molar-refractivity contribution in [1.29, 1.82) is 0 Å². The zero-order valence-corrected chi connectivity index (χ0v) is 14.7. The van der Waals surface area contributed by atoms with Crippen LogP contribution >= 0.6 is 0 Å². The molecular weight excluding hydrogens is 332 g/mol. The summed E-state index contributed by atoms with van der Waals surface area (Å²) in [6, 6.07) is 15.9. The summed E-state index contributed by atoms with van der Waals surface area (Å²) in [6.45, 7) is 3.14. The van der Waals surface area contributed by atoms with Crippen molar-refractivity contribution in [2.24, 2.45) is 5.92 Å². The molecule has 3 N–H and O–H groups in total. The third-order valence-corrected chi connectivity index (χ3v) is 4.22.